The first kappa shape index (κ1) is 21.6. The Balaban J connectivity index is 1.82. The molecule has 8 nitrogen and oxygen atoms in total. The molecule has 1 heterocycles. The highest BCUT2D eigenvalue weighted by atomic mass is 16.4. The van der Waals surface area contributed by atoms with Crippen molar-refractivity contribution in [3.8, 4) is 12.3 Å². The number of anilines is 1. The monoisotopic (exact) mass is 418 g/mol. The molecule has 2 aromatic carbocycles. The highest BCUT2D eigenvalue weighted by molar-refractivity contribution is 5.96. The second kappa shape index (κ2) is 9.13. The lowest BCUT2D eigenvalue weighted by molar-refractivity contribution is -0.138. The molecule has 0 bridgehead atoms. The van der Waals surface area contributed by atoms with E-state index in [0.717, 1.165) is 11.3 Å². The molecule has 0 spiro atoms. The van der Waals surface area contributed by atoms with E-state index in [9.17, 15) is 14.4 Å². The smallest absolute Gasteiger partial charge is 0.325 e. The van der Waals surface area contributed by atoms with Gasteiger partial charge in [0, 0.05) is 17.8 Å². The molecule has 0 saturated carbocycles. The van der Waals surface area contributed by atoms with Gasteiger partial charge >= 0.3 is 5.97 Å². The predicted octanol–water partition coefficient (Wildman–Crippen LogP) is 2.07. The molecule has 0 aliphatic rings. The summed E-state index contributed by atoms with van der Waals surface area (Å²) in [7, 11) is 0. The zero-order valence-corrected chi connectivity index (χ0v) is 17.2. The van der Waals surface area contributed by atoms with Crippen LogP contribution >= 0.6 is 0 Å². The number of aromatic nitrogens is 2. The van der Waals surface area contributed by atoms with Crippen LogP contribution in [0.4, 0.5) is 5.69 Å². The number of amides is 1. The molecule has 0 aliphatic heterocycles. The highest BCUT2D eigenvalue weighted by Gasteiger charge is 2.16. The largest absolute Gasteiger partial charge is 0.480 e. The summed E-state index contributed by atoms with van der Waals surface area (Å²) in [4.78, 5) is 44.3. The average molecular weight is 418 g/mol. The minimum absolute atomic E-state index is 0.196. The Labute approximate surface area is 178 Å². The Morgan fingerprint density at radius 1 is 1.26 bits per heavy atom. The predicted molar refractivity (Wildman–Crippen MR) is 118 cm³/mol. The van der Waals surface area contributed by atoms with Gasteiger partial charge < -0.3 is 20.3 Å². The van der Waals surface area contributed by atoms with Crippen molar-refractivity contribution in [1.29, 1.82) is 0 Å². The molecule has 1 aromatic heterocycles. The summed E-state index contributed by atoms with van der Waals surface area (Å²) in [6.45, 7) is 3.90. The summed E-state index contributed by atoms with van der Waals surface area (Å²) in [5.41, 5.74) is 2.45. The number of carboxylic acid groups (broad SMARTS) is 1. The minimum atomic E-state index is -1.11. The number of aromatic amines is 1. The van der Waals surface area contributed by atoms with Crippen molar-refractivity contribution in [3.05, 3.63) is 69.8 Å². The zero-order valence-electron chi connectivity index (χ0n) is 17.2. The van der Waals surface area contributed by atoms with Crippen LogP contribution in [0.5, 0.6) is 0 Å². The topological polar surface area (TPSA) is 115 Å². The molecule has 0 radical (unpaired) electrons. The fourth-order valence-electron chi connectivity index (χ4n) is 3.14. The molecular weight excluding hydrogens is 396 g/mol. The number of aliphatic carboxylic acids is 1. The number of rotatable bonds is 7. The molecule has 0 aliphatic carbocycles. The Morgan fingerprint density at radius 3 is 2.61 bits per heavy atom. The molecule has 158 valence electrons. The highest BCUT2D eigenvalue weighted by Crippen LogP contribution is 2.20. The normalized spacial score (nSPS) is 11.5. The molecule has 1 amide bonds. The molecule has 1 atom stereocenters. The SMILES string of the molecule is C#CCN(Cc1ccc2nc(C)[nH]c(=O)c2c1)c1ccc(C(=O)N[C@H](C)C(=O)O)cc1. The fourth-order valence-corrected chi connectivity index (χ4v) is 3.14. The number of hydrogen-bond acceptors (Lipinski definition) is 5. The second-order valence-electron chi connectivity index (χ2n) is 7.14. The quantitative estimate of drug-likeness (QED) is 0.506. The maximum Gasteiger partial charge on any atom is 0.325 e. The minimum Gasteiger partial charge on any atom is -0.480 e. The Morgan fingerprint density at radius 2 is 1.97 bits per heavy atom. The van der Waals surface area contributed by atoms with Crippen LogP contribution in [0.25, 0.3) is 10.9 Å². The standard InChI is InChI=1S/C23H22N4O4/c1-4-11-27(13-16-5-10-20-19(12-16)22(29)26-15(3)25-20)18-8-6-17(7-9-18)21(28)24-14(2)23(30)31/h1,5-10,12,14H,11,13H2,2-3H3,(H,24,28)(H,30,31)(H,25,26,29)/t14-/m1/s1. The third kappa shape index (κ3) is 5.08. The number of carboxylic acids is 1. The number of benzene rings is 2. The lowest BCUT2D eigenvalue weighted by Crippen LogP contribution is -2.38. The maximum absolute atomic E-state index is 12.2. The number of nitrogens with one attached hydrogen (secondary N) is 2. The lowest BCUT2D eigenvalue weighted by Gasteiger charge is -2.23. The van der Waals surface area contributed by atoms with Crippen molar-refractivity contribution >= 4 is 28.5 Å². The van der Waals surface area contributed by atoms with Gasteiger partial charge in [0.15, 0.2) is 0 Å². The van der Waals surface area contributed by atoms with E-state index < -0.39 is 17.9 Å². The lowest BCUT2D eigenvalue weighted by atomic mass is 10.1. The molecule has 0 fully saturated rings. The molecule has 0 saturated heterocycles. The average Bonchev–Trinajstić information content (AvgIpc) is 2.73. The number of H-pyrrole nitrogens is 1. The summed E-state index contributed by atoms with van der Waals surface area (Å²) < 4.78 is 0. The Hall–Kier alpha value is -4.12. The third-order valence-electron chi connectivity index (χ3n) is 4.76. The van der Waals surface area contributed by atoms with Crippen molar-refractivity contribution in [3.63, 3.8) is 0 Å². The molecule has 8 heteroatoms. The van der Waals surface area contributed by atoms with E-state index in [4.69, 9.17) is 11.5 Å². The van der Waals surface area contributed by atoms with Crippen LogP contribution in [-0.4, -0.2) is 39.5 Å². The summed E-state index contributed by atoms with van der Waals surface area (Å²) in [5, 5.41) is 11.8. The van der Waals surface area contributed by atoms with Gasteiger partial charge in [-0.25, -0.2) is 4.98 Å². The number of carbonyl (C=O) groups excluding carboxylic acids is 1. The van der Waals surface area contributed by atoms with Gasteiger partial charge in [-0.1, -0.05) is 12.0 Å². The summed E-state index contributed by atoms with van der Waals surface area (Å²) in [6, 6.07) is 11.2. The number of nitrogens with zero attached hydrogens (tertiary/aromatic N) is 2. The van der Waals surface area contributed by atoms with Gasteiger partial charge in [0.2, 0.25) is 0 Å². The van der Waals surface area contributed by atoms with E-state index >= 15 is 0 Å². The number of fused-ring (bicyclic) bond motifs is 1. The molecular formula is C23H22N4O4. The summed E-state index contributed by atoms with van der Waals surface area (Å²) >= 11 is 0. The van der Waals surface area contributed by atoms with Crippen LogP contribution in [-0.2, 0) is 11.3 Å². The first-order valence-corrected chi connectivity index (χ1v) is 9.60. The van der Waals surface area contributed by atoms with E-state index in [2.05, 4.69) is 21.2 Å². The molecule has 31 heavy (non-hydrogen) atoms. The van der Waals surface area contributed by atoms with Gasteiger partial charge in [-0.3, -0.25) is 14.4 Å². The number of carbonyl (C=O) groups is 2. The van der Waals surface area contributed by atoms with E-state index in [1.165, 1.54) is 6.92 Å². The van der Waals surface area contributed by atoms with E-state index in [1.807, 2.05) is 11.0 Å². The number of terminal acetylenes is 1. The van der Waals surface area contributed by atoms with Crippen molar-refractivity contribution in [1.82, 2.24) is 15.3 Å². The van der Waals surface area contributed by atoms with Crippen LogP contribution in [0.2, 0.25) is 0 Å². The van der Waals surface area contributed by atoms with Crippen molar-refractivity contribution in [2.75, 3.05) is 11.4 Å². The van der Waals surface area contributed by atoms with Crippen LogP contribution in [0.1, 0.15) is 28.7 Å². The van der Waals surface area contributed by atoms with Crippen LogP contribution in [0.3, 0.4) is 0 Å². The second-order valence-corrected chi connectivity index (χ2v) is 7.14. The van der Waals surface area contributed by atoms with E-state index in [1.54, 1.807) is 43.3 Å². The van der Waals surface area contributed by atoms with Gasteiger partial charge in [-0.05, 0) is 55.8 Å². The maximum atomic E-state index is 12.2. The number of hydrogen-bond donors (Lipinski definition) is 3. The third-order valence-corrected chi connectivity index (χ3v) is 4.76. The van der Waals surface area contributed by atoms with Gasteiger partial charge in [0.25, 0.3) is 11.5 Å². The van der Waals surface area contributed by atoms with Crippen molar-refractivity contribution < 1.29 is 14.7 Å². The molecule has 3 rings (SSSR count). The summed E-state index contributed by atoms with van der Waals surface area (Å²) in [6.07, 6.45) is 5.54. The van der Waals surface area contributed by atoms with Gasteiger partial charge in [0.05, 0.1) is 17.4 Å². The van der Waals surface area contributed by atoms with Gasteiger partial charge in [-0.2, -0.15) is 0 Å². The molecule has 3 N–H and O–H groups in total. The van der Waals surface area contributed by atoms with Gasteiger partial charge in [-0.15, -0.1) is 6.42 Å². The van der Waals surface area contributed by atoms with Crippen LogP contribution in [0, 0.1) is 19.3 Å². The van der Waals surface area contributed by atoms with Crippen molar-refractivity contribution in [2.24, 2.45) is 0 Å². The van der Waals surface area contributed by atoms with Crippen LogP contribution < -0.4 is 15.8 Å². The fraction of sp³-hybridized carbons (Fsp3) is 0.217. The number of aryl methyl sites for hydroxylation is 1. The molecule has 3 aromatic rings. The van der Waals surface area contributed by atoms with E-state index in [-0.39, 0.29) is 5.56 Å². The Kier molecular flexibility index (Phi) is 6.36. The van der Waals surface area contributed by atoms with Crippen molar-refractivity contribution in [2.45, 2.75) is 26.4 Å². The molecule has 0 unspecified atom stereocenters. The van der Waals surface area contributed by atoms with Crippen LogP contribution in [0.15, 0.2) is 47.3 Å². The summed E-state index contributed by atoms with van der Waals surface area (Å²) in [5.74, 6) is 1.60. The first-order valence-electron chi connectivity index (χ1n) is 9.60. The Bertz CT molecular complexity index is 1230. The van der Waals surface area contributed by atoms with E-state index in [0.29, 0.717) is 35.4 Å². The zero-order chi connectivity index (χ0) is 22.5. The first-order chi connectivity index (χ1) is 14.8. The van der Waals surface area contributed by atoms with Gasteiger partial charge in [0.1, 0.15) is 11.9 Å².